The van der Waals surface area contributed by atoms with Crippen molar-refractivity contribution in [2.24, 2.45) is 0 Å². The molecule has 1 heterocycles. The van der Waals surface area contributed by atoms with Gasteiger partial charge in [0, 0.05) is 5.56 Å². The highest BCUT2D eigenvalue weighted by molar-refractivity contribution is 6.07. The van der Waals surface area contributed by atoms with Crippen LogP contribution < -0.4 is 15.8 Å². The van der Waals surface area contributed by atoms with Crippen LogP contribution in [-0.4, -0.2) is 33.9 Å². The summed E-state index contributed by atoms with van der Waals surface area (Å²) in [5.41, 5.74) is 4.65. The van der Waals surface area contributed by atoms with E-state index in [-0.39, 0.29) is 24.7 Å². The van der Waals surface area contributed by atoms with Crippen molar-refractivity contribution in [3.8, 4) is 12.1 Å². The molecular weight excluding hydrogens is 388 g/mol. The van der Waals surface area contributed by atoms with Crippen LogP contribution in [0.3, 0.4) is 0 Å². The topological polar surface area (TPSA) is 161 Å². The molecule has 148 valence electrons. The number of nitriles is 2. The van der Waals surface area contributed by atoms with Crippen molar-refractivity contribution in [2.45, 2.75) is 0 Å². The number of anilines is 2. The summed E-state index contributed by atoms with van der Waals surface area (Å²) in [6.45, 7) is -0.569. The van der Waals surface area contributed by atoms with Gasteiger partial charge in [-0.3, -0.25) is 25.8 Å². The van der Waals surface area contributed by atoms with Crippen LogP contribution in [-0.2, 0) is 0 Å². The number of fused-ring (bicyclic) bond motifs is 1. The van der Waals surface area contributed by atoms with Crippen LogP contribution in [0.25, 0.3) is 10.8 Å². The van der Waals surface area contributed by atoms with E-state index >= 15 is 0 Å². The van der Waals surface area contributed by atoms with Crippen LogP contribution in [0, 0.1) is 32.8 Å². The molecule has 30 heavy (non-hydrogen) atoms. The van der Waals surface area contributed by atoms with E-state index in [1.165, 1.54) is 0 Å². The van der Waals surface area contributed by atoms with E-state index in [0.717, 1.165) is 16.6 Å². The van der Waals surface area contributed by atoms with Gasteiger partial charge in [0.25, 0.3) is 5.91 Å². The van der Waals surface area contributed by atoms with E-state index < -0.39 is 16.5 Å². The first kappa shape index (κ1) is 20.0. The molecular formula is C19H14N8O3. The second kappa shape index (κ2) is 8.95. The van der Waals surface area contributed by atoms with Crippen molar-refractivity contribution in [1.82, 2.24) is 15.4 Å². The Morgan fingerprint density at radius 3 is 2.50 bits per heavy atom. The molecule has 0 bridgehead atoms. The molecule has 0 aliphatic heterocycles. The summed E-state index contributed by atoms with van der Waals surface area (Å²) in [6.07, 6.45) is 1.04. The Morgan fingerprint density at radius 2 is 1.80 bits per heavy atom. The van der Waals surface area contributed by atoms with Gasteiger partial charge in [0.15, 0.2) is 0 Å². The molecule has 0 atom stereocenters. The van der Waals surface area contributed by atoms with Gasteiger partial charge < -0.3 is 4.90 Å². The predicted molar refractivity (Wildman–Crippen MR) is 107 cm³/mol. The van der Waals surface area contributed by atoms with E-state index in [9.17, 15) is 14.9 Å². The SMILES string of the molecule is N#CCN(CC#N)c1ncnc(NNC(=O)c2cccc3ccccc23)c1[N+](=O)[O-]. The zero-order valence-corrected chi connectivity index (χ0v) is 15.4. The summed E-state index contributed by atoms with van der Waals surface area (Å²) in [6, 6.07) is 16.2. The summed E-state index contributed by atoms with van der Waals surface area (Å²) in [5, 5.41) is 31.1. The number of nitrogens with zero attached hydrogens (tertiary/aromatic N) is 6. The van der Waals surface area contributed by atoms with Crippen molar-refractivity contribution in [2.75, 3.05) is 23.4 Å². The Bertz CT molecular complexity index is 1180. The maximum absolute atomic E-state index is 12.7. The van der Waals surface area contributed by atoms with Crippen LogP contribution in [0.5, 0.6) is 0 Å². The number of rotatable bonds is 7. The second-order valence-corrected chi connectivity index (χ2v) is 5.93. The molecule has 0 fully saturated rings. The molecule has 2 N–H and O–H groups in total. The number of carbonyl (C=O) groups is 1. The molecule has 0 radical (unpaired) electrons. The zero-order chi connectivity index (χ0) is 21.5. The van der Waals surface area contributed by atoms with Crippen LogP contribution in [0.15, 0.2) is 48.8 Å². The monoisotopic (exact) mass is 402 g/mol. The molecule has 2 aromatic carbocycles. The molecule has 1 aromatic heterocycles. The van der Waals surface area contributed by atoms with Gasteiger partial charge in [-0.2, -0.15) is 10.5 Å². The van der Waals surface area contributed by atoms with Gasteiger partial charge in [-0.05, 0) is 16.8 Å². The molecule has 11 heteroatoms. The summed E-state index contributed by atoms with van der Waals surface area (Å²) in [5.74, 6) is -1.01. The van der Waals surface area contributed by atoms with Crippen molar-refractivity contribution < 1.29 is 9.72 Å². The summed E-state index contributed by atoms with van der Waals surface area (Å²) < 4.78 is 0. The van der Waals surface area contributed by atoms with Gasteiger partial charge in [-0.25, -0.2) is 9.97 Å². The number of carbonyl (C=O) groups excluding carboxylic acids is 1. The van der Waals surface area contributed by atoms with Crippen LogP contribution >= 0.6 is 0 Å². The van der Waals surface area contributed by atoms with Crippen molar-refractivity contribution in [3.63, 3.8) is 0 Å². The number of amides is 1. The largest absolute Gasteiger partial charge is 0.355 e. The smallest absolute Gasteiger partial charge is 0.324 e. The number of hydrazine groups is 1. The first-order valence-electron chi connectivity index (χ1n) is 8.59. The molecule has 11 nitrogen and oxygen atoms in total. The highest BCUT2D eigenvalue weighted by Gasteiger charge is 2.27. The average Bonchev–Trinajstić information content (AvgIpc) is 2.76. The normalized spacial score (nSPS) is 9.93. The Balaban J connectivity index is 1.90. The van der Waals surface area contributed by atoms with E-state index in [1.807, 2.05) is 30.3 Å². The minimum absolute atomic E-state index is 0.208. The molecule has 0 saturated heterocycles. The van der Waals surface area contributed by atoms with Gasteiger partial charge in [-0.15, -0.1) is 0 Å². The van der Waals surface area contributed by atoms with Gasteiger partial charge in [0.2, 0.25) is 11.6 Å². The molecule has 0 saturated carbocycles. The Kier molecular flexibility index (Phi) is 5.96. The average molecular weight is 402 g/mol. The van der Waals surface area contributed by atoms with Gasteiger partial charge in [0.1, 0.15) is 19.4 Å². The van der Waals surface area contributed by atoms with E-state index in [1.54, 1.807) is 24.3 Å². The number of nitro groups is 1. The van der Waals surface area contributed by atoms with E-state index in [0.29, 0.717) is 10.9 Å². The van der Waals surface area contributed by atoms with Crippen LogP contribution in [0.1, 0.15) is 10.4 Å². The standard InChI is InChI=1S/C19H14N8O3/c20-8-10-26(11-9-21)18-16(27(29)30)17(22-12-23-18)24-25-19(28)15-7-3-5-13-4-1-2-6-14(13)15/h1-7,12H,10-11H2,(H,25,28)(H,22,23,24). The third kappa shape index (κ3) is 4.05. The highest BCUT2D eigenvalue weighted by atomic mass is 16.6. The molecule has 3 rings (SSSR count). The van der Waals surface area contributed by atoms with Gasteiger partial charge in [-0.1, -0.05) is 36.4 Å². The second-order valence-electron chi connectivity index (χ2n) is 5.93. The molecule has 0 unspecified atom stereocenters. The lowest BCUT2D eigenvalue weighted by atomic mass is 10.0. The lowest BCUT2D eigenvalue weighted by Crippen LogP contribution is -2.31. The van der Waals surface area contributed by atoms with Gasteiger partial charge in [0.05, 0.1) is 17.1 Å². The van der Waals surface area contributed by atoms with Gasteiger partial charge >= 0.3 is 5.69 Å². The Morgan fingerprint density at radius 1 is 1.10 bits per heavy atom. The van der Waals surface area contributed by atoms with Crippen LogP contribution in [0.2, 0.25) is 0 Å². The zero-order valence-electron chi connectivity index (χ0n) is 15.4. The fourth-order valence-corrected chi connectivity index (χ4v) is 2.84. The fourth-order valence-electron chi connectivity index (χ4n) is 2.84. The number of hydrogen-bond acceptors (Lipinski definition) is 9. The first-order chi connectivity index (χ1) is 14.6. The molecule has 3 aromatic rings. The molecule has 0 spiro atoms. The minimum Gasteiger partial charge on any atom is -0.324 e. The van der Waals surface area contributed by atoms with E-state index in [2.05, 4.69) is 20.8 Å². The maximum Gasteiger partial charge on any atom is 0.355 e. The number of hydrogen-bond donors (Lipinski definition) is 2. The van der Waals surface area contributed by atoms with Crippen molar-refractivity contribution in [1.29, 1.82) is 10.5 Å². The Labute approximate surface area is 170 Å². The lowest BCUT2D eigenvalue weighted by molar-refractivity contribution is -0.383. The number of benzene rings is 2. The predicted octanol–water partition coefficient (Wildman–Crippen LogP) is 2.15. The summed E-state index contributed by atoms with van der Waals surface area (Å²) >= 11 is 0. The minimum atomic E-state index is -0.747. The summed E-state index contributed by atoms with van der Waals surface area (Å²) in [7, 11) is 0. The third-order valence-electron chi connectivity index (χ3n) is 4.14. The fraction of sp³-hybridized carbons (Fsp3) is 0.105. The van der Waals surface area contributed by atoms with Crippen LogP contribution in [0.4, 0.5) is 17.3 Å². The first-order valence-corrected chi connectivity index (χ1v) is 8.59. The highest BCUT2D eigenvalue weighted by Crippen LogP contribution is 2.31. The lowest BCUT2D eigenvalue weighted by Gasteiger charge is -2.17. The molecule has 0 aliphatic rings. The van der Waals surface area contributed by atoms with Crippen molar-refractivity contribution >= 4 is 34.0 Å². The quantitative estimate of drug-likeness (QED) is 0.342. The van der Waals surface area contributed by atoms with E-state index in [4.69, 9.17) is 10.5 Å². The summed E-state index contributed by atoms with van der Waals surface area (Å²) in [4.78, 5) is 32.3. The molecule has 1 amide bonds. The number of aromatic nitrogens is 2. The third-order valence-corrected chi connectivity index (χ3v) is 4.14. The van der Waals surface area contributed by atoms with Crippen molar-refractivity contribution in [3.05, 3.63) is 64.5 Å². The maximum atomic E-state index is 12.7. The molecule has 0 aliphatic carbocycles. The number of nitrogens with one attached hydrogen (secondary N) is 2. The Hall–Kier alpha value is -4.77.